The Labute approximate surface area is 146 Å². The van der Waals surface area contributed by atoms with E-state index in [1.165, 1.54) is 31.2 Å². The van der Waals surface area contributed by atoms with Crippen molar-refractivity contribution in [2.45, 2.75) is 57.5 Å². The Kier molecular flexibility index (Phi) is 6.91. The zero-order valence-corrected chi connectivity index (χ0v) is 14.8. The number of carbonyl (C=O) groups is 1. The van der Waals surface area contributed by atoms with Crippen molar-refractivity contribution in [3.8, 4) is 0 Å². The fourth-order valence-electron chi connectivity index (χ4n) is 4.07. The fraction of sp³-hybridized carbons (Fsp3) is 0.632. The first-order valence-corrected chi connectivity index (χ1v) is 8.82. The summed E-state index contributed by atoms with van der Waals surface area (Å²) in [7, 11) is 0. The Hall–Kier alpha value is -1.06. The van der Waals surface area contributed by atoms with E-state index < -0.39 is 0 Å². The number of hydrogen-bond donors (Lipinski definition) is 2. The molecule has 1 aromatic rings. The van der Waals surface area contributed by atoms with E-state index in [0.29, 0.717) is 12.0 Å². The molecule has 4 heteroatoms. The van der Waals surface area contributed by atoms with E-state index in [1.807, 2.05) is 6.07 Å². The van der Waals surface area contributed by atoms with Crippen LogP contribution in [0.3, 0.4) is 0 Å². The van der Waals surface area contributed by atoms with Crippen LogP contribution < -0.4 is 10.6 Å². The molecule has 1 saturated carbocycles. The van der Waals surface area contributed by atoms with Crippen LogP contribution >= 0.6 is 12.4 Å². The topological polar surface area (TPSA) is 41.1 Å². The van der Waals surface area contributed by atoms with E-state index in [2.05, 4.69) is 41.8 Å². The van der Waals surface area contributed by atoms with Crippen molar-refractivity contribution < 1.29 is 4.79 Å². The lowest BCUT2D eigenvalue weighted by molar-refractivity contribution is -0.127. The SMILES string of the molecule is C[C@H]1C[C@@H](C(=O)NC(c2ccccc2)C2CCCC2)CCN1.Cl. The number of halogens is 1. The van der Waals surface area contributed by atoms with Crippen LogP contribution in [0.4, 0.5) is 0 Å². The molecule has 2 fully saturated rings. The summed E-state index contributed by atoms with van der Waals surface area (Å²) < 4.78 is 0. The number of hydrogen-bond acceptors (Lipinski definition) is 2. The Morgan fingerprint density at radius 3 is 2.52 bits per heavy atom. The van der Waals surface area contributed by atoms with E-state index >= 15 is 0 Å². The van der Waals surface area contributed by atoms with Gasteiger partial charge in [0.25, 0.3) is 0 Å². The summed E-state index contributed by atoms with van der Waals surface area (Å²) in [6.07, 6.45) is 6.99. The Morgan fingerprint density at radius 2 is 1.87 bits per heavy atom. The predicted octanol–water partition coefficient (Wildman–Crippen LogP) is 3.84. The van der Waals surface area contributed by atoms with Crippen molar-refractivity contribution in [2.75, 3.05) is 6.54 Å². The first-order chi connectivity index (χ1) is 10.7. The van der Waals surface area contributed by atoms with Crippen molar-refractivity contribution in [2.24, 2.45) is 11.8 Å². The van der Waals surface area contributed by atoms with Crippen molar-refractivity contribution in [1.29, 1.82) is 0 Å². The highest BCUT2D eigenvalue weighted by Gasteiger charge is 2.31. The third kappa shape index (κ3) is 4.71. The summed E-state index contributed by atoms with van der Waals surface area (Å²) in [5.41, 5.74) is 1.27. The second-order valence-corrected chi connectivity index (χ2v) is 7.02. The maximum atomic E-state index is 12.7. The normalized spacial score (nSPS) is 26.3. The van der Waals surface area contributed by atoms with Gasteiger partial charge in [0.2, 0.25) is 5.91 Å². The summed E-state index contributed by atoms with van der Waals surface area (Å²) in [5, 5.41) is 6.83. The van der Waals surface area contributed by atoms with Crippen LogP contribution in [0, 0.1) is 11.8 Å². The Balaban J connectivity index is 0.00000192. The molecule has 23 heavy (non-hydrogen) atoms. The van der Waals surface area contributed by atoms with Crippen LogP contribution in [-0.2, 0) is 4.79 Å². The molecule has 3 rings (SSSR count). The van der Waals surface area contributed by atoms with Crippen LogP contribution in [0.25, 0.3) is 0 Å². The number of nitrogens with one attached hydrogen (secondary N) is 2. The molecule has 0 aromatic heterocycles. The van der Waals surface area contributed by atoms with Gasteiger partial charge in [0, 0.05) is 12.0 Å². The molecular weight excluding hydrogens is 308 g/mol. The zero-order chi connectivity index (χ0) is 15.4. The van der Waals surface area contributed by atoms with Gasteiger partial charge in [0.15, 0.2) is 0 Å². The second kappa shape index (κ2) is 8.70. The maximum Gasteiger partial charge on any atom is 0.223 e. The zero-order valence-electron chi connectivity index (χ0n) is 14.0. The third-order valence-electron chi connectivity index (χ3n) is 5.32. The van der Waals surface area contributed by atoms with Gasteiger partial charge in [-0.2, -0.15) is 0 Å². The molecule has 0 spiro atoms. The van der Waals surface area contributed by atoms with Gasteiger partial charge < -0.3 is 10.6 Å². The molecule has 1 amide bonds. The Morgan fingerprint density at radius 1 is 1.17 bits per heavy atom. The monoisotopic (exact) mass is 336 g/mol. The molecule has 1 aliphatic heterocycles. The maximum absolute atomic E-state index is 12.7. The summed E-state index contributed by atoms with van der Waals surface area (Å²) in [6.45, 7) is 3.13. The molecule has 128 valence electrons. The molecular formula is C19H29ClN2O. The van der Waals surface area contributed by atoms with Gasteiger partial charge in [-0.15, -0.1) is 12.4 Å². The van der Waals surface area contributed by atoms with Gasteiger partial charge in [-0.25, -0.2) is 0 Å². The molecule has 1 aromatic carbocycles. The van der Waals surface area contributed by atoms with E-state index in [1.54, 1.807) is 0 Å². The number of piperidine rings is 1. The molecule has 1 saturated heterocycles. The van der Waals surface area contributed by atoms with E-state index in [-0.39, 0.29) is 30.3 Å². The number of carbonyl (C=O) groups excluding carboxylic acids is 1. The molecule has 3 nitrogen and oxygen atoms in total. The van der Waals surface area contributed by atoms with Crippen molar-refractivity contribution in [1.82, 2.24) is 10.6 Å². The van der Waals surface area contributed by atoms with Gasteiger partial charge in [0.05, 0.1) is 6.04 Å². The van der Waals surface area contributed by atoms with Crippen molar-refractivity contribution >= 4 is 18.3 Å². The smallest absolute Gasteiger partial charge is 0.223 e. The average Bonchev–Trinajstić information content (AvgIpc) is 3.07. The first-order valence-electron chi connectivity index (χ1n) is 8.82. The Bertz CT molecular complexity index is 487. The van der Waals surface area contributed by atoms with E-state index in [9.17, 15) is 4.79 Å². The predicted molar refractivity (Wildman–Crippen MR) is 96.7 cm³/mol. The lowest BCUT2D eigenvalue weighted by atomic mass is 9.88. The summed E-state index contributed by atoms with van der Waals surface area (Å²) in [6, 6.07) is 11.2. The van der Waals surface area contributed by atoms with Gasteiger partial charge in [-0.05, 0) is 50.6 Å². The van der Waals surface area contributed by atoms with Crippen molar-refractivity contribution in [3.63, 3.8) is 0 Å². The van der Waals surface area contributed by atoms with Crippen LogP contribution in [0.15, 0.2) is 30.3 Å². The van der Waals surface area contributed by atoms with Gasteiger partial charge in [-0.3, -0.25) is 4.79 Å². The third-order valence-corrected chi connectivity index (χ3v) is 5.32. The lowest BCUT2D eigenvalue weighted by Crippen LogP contribution is -2.44. The quantitative estimate of drug-likeness (QED) is 0.877. The number of rotatable bonds is 4. The molecule has 0 bridgehead atoms. The summed E-state index contributed by atoms with van der Waals surface area (Å²) in [4.78, 5) is 12.7. The molecule has 1 unspecified atom stereocenters. The fourth-order valence-corrected chi connectivity index (χ4v) is 4.07. The standard InChI is InChI=1S/C19H28N2O.ClH/c1-14-13-17(11-12-20-14)19(22)21-18(16-9-5-6-10-16)15-7-3-2-4-8-15;/h2-4,7-8,14,16-18,20H,5-6,9-13H2,1H3,(H,21,22);1H/t14-,17-,18?;/m0./s1. The molecule has 2 N–H and O–H groups in total. The minimum absolute atomic E-state index is 0. The minimum atomic E-state index is 0. The minimum Gasteiger partial charge on any atom is -0.349 e. The molecule has 2 aliphatic rings. The molecule has 1 heterocycles. The van der Waals surface area contributed by atoms with Crippen LogP contribution in [0.2, 0.25) is 0 Å². The van der Waals surface area contributed by atoms with Gasteiger partial charge >= 0.3 is 0 Å². The highest BCUT2D eigenvalue weighted by atomic mass is 35.5. The van der Waals surface area contributed by atoms with Crippen LogP contribution in [-0.4, -0.2) is 18.5 Å². The van der Waals surface area contributed by atoms with Gasteiger partial charge in [-0.1, -0.05) is 43.2 Å². The molecule has 1 aliphatic carbocycles. The number of benzene rings is 1. The highest BCUT2D eigenvalue weighted by Crippen LogP contribution is 2.36. The van der Waals surface area contributed by atoms with Gasteiger partial charge in [0.1, 0.15) is 0 Å². The summed E-state index contributed by atoms with van der Waals surface area (Å²) >= 11 is 0. The summed E-state index contributed by atoms with van der Waals surface area (Å²) in [5.74, 6) is 1.03. The average molecular weight is 337 g/mol. The van der Waals surface area contributed by atoms with Crippen LogP contribution in [0.5, 0.6) is 0 Å². The largest absolute Gasteiger partial charge is 0.349 e. The second-order valence-electron chi connectivity index (χ2n) is 7.02. The number of amides is 1. The van der Waals surface area contributed by atoms with Crippen molar-refractivity contribution in [3.05, 3.63) is 35.9 Å². The molecule has 0 radical (unpaired) electrons. The van der Waals surface area contributed by atoms with E-state index in [0.717, 1.165) is 19.4 Å². The van der Waals surface area contributed by atoms with Crippen LogP contribution in [0.1, 0.15) is 57.1 Å². The highest BCUT2D eigenvalue weighted by molar-refractivity contribution is 5.85. The van der Waals surface area contributed by atoms with E-state index in [4.69, 9.17) is 0 Å². The molecule has 3 atom stereocenters. The lowest BCUT2D eigenvalue weighted by Gasteiger charge is -2.31. The first kappa shape index (κ1) is 18.3.